The Morgan fingerprint density at radius 2 is 1.95 bits per heavy atom. The lowest BCUT2D eigenvalue weighted by atomic mass is 10.5. The highest BCUT2D eigenvalue weighted by Crippen LogP contribution is 2.11. The van der Waals surface area contributed by atoms with Crippen LogP contribution in [0.3, 0.4) is 0 Å². The van der Waals surface area contributed by atoms with Crippen LogP contribution in [-0.2, 0) is 10.0 Å². The predicted octanol–water partition coefficient (Wildman–Crippen LogP) is 1.52. The Balaban J connectivity index is 2.59. The Hall–Kier alpha value is -0.920. The molecule has 0 spiro atoms. The molecule has 19 heavy (non-hydrogen) atoms. The number of nitrogens with one attached hydrogen (secondary N) is 1. The summed E-state index contributed by atoms with van der Waals surface area (Å²) in [6.45, 7) is 6.62. The third kappa shape index (κ3) is 4.93. The SMILES string of the molecule is CCN(CC)S(=O)(=O)CCNc1cc(Cl)nc(C)n1. The number of hydrogen-bond acceptors (Lipinski definition) is 5. The summed E-state index contributed by atoms with van der Waals surface area (Å²) in [5, 5.41) is 3.28. The van der Waals surface area contributed by atoms with Crippen molar-refractivity contribution in [2.75, 3.05) is 30.7 Å². The first kappa shape index (κ1) is 16.1. The van der Waals surface area contributed by atoms with Crippen LogP contribution in [0.2, 0.25) is 5.15 Å². The molecule has 0 unspecified atom stereocenters. The molecule has 1 aromatic rings. The summed E-state index contributed by atoms with van der Waals surface area (Å²) >= 11 is 5.80. The van der Waals surface area contributed by atoms with Gasteiger partial charge in [0.2, 0.25) is 10.0 Å². The normalized spacial score (nSPS) is 11.8. The zero-order chi connectivity index (χ0) is 14.5. The Labute approximate surface area is 119 Å². The zero-order valence-electron chi connectivity index (χ0n) is 11.4. The highest BCUT2D eigenvalue weighted by Gasteiger charge is 2.17. The van der Waals surface area contributed by atoms with E-state index < -0.39 is 10.0 Å². The maximum Gasteiger partial charge on any atom is 0.215 e. The van der Waals surface area contributed by atoms with Crippen LogP contribution in [0.25, 0.3) is 0 Å². The topological polar surface area (TPSA) is 75.2 Å². The van der Waals surface area contributed by atoms with Gasteiger partial charge in [0.15, 0.2) is 0 Å². The second-order valence-corrected chi connectivity index (χ2v) is 6.43. The van der Waals surface area contributed by atoms with Gasteiger partial charge in [-0.25, -0.2) is 22.7 Å². The highest BCUT2D eigenvalue weighted by molar-refractivity contribution is 7.89. The first-order chi connectivity index (χ1) is 8.89. The average Bonchev–Trinajstić information content (AvgIpc) is 2.28. The van der Waals surface area contributed by atoms with Gasteiger partial charge >= 0.3 is 0 Å². The molecule has 0 amide bonds. The van der Waals surface area contributed by atoms with E-state index in [1.54, 1.807) is 13.0 Å². The second-order valence-electron chi connectivity index (χ2n) is 3.95. The first-order valence-corrected chi connectivity index (χ1v) is 8.10. The minimum atomic E-state index is -3.22. The first-order valence-electron chi connectivity index (χ1n) is 6.12. The standard InChI is InChI=1S/C11H19ClN4O2S/c1-4-16(5-2)19(17,18)7-6-13-11-8-10(12)14-9(3)15-11/h8H,4-7H2,1-3H3,(H,13,14,15). The fourth-order valence-electron chi connectivity index (χ4n) is 1.68. The largest absolute Gasteiger partial charge is 0.369 e. The van der Waals surface area contributed by atoms with E-state index in [1.807, 2.05) is 13.8 Å². The van der Waals surface area contributed by atoms with Gasteiger partial charge in [-0.2, -0.15) is 0 Å². The molecular formula is C11H19ClN4O2S. The molecule has 0 bridgehead atoms. The molecule has 1 N–H and O–H groups in total. The monoisotopic (exact) mass is 306 g/mol. The van der Waals surface area contributed by atoms with Crippen LogP contribution in [0, 0.1) is 6.92 Å². The van der Waals surface area contributed by atoms with E-state index in [2.05, 4.69) is 15.3 Å². The molecule has 1 rings (SSSR count). The minimum Gasteiger partial charge on any atom is -0.369 e. The molecule has 0 radical (unpaired) electrons. The lowest BCUT2D eigenvalue weighted by Gasteiger charge is -2.18. The summed E-state index contributed by atoms with van der Waals surface area (Å²) in [4.78, 5) is 8.06. The Kier molecular flexibility index (Phi) is 5.96. The van der Waals surface area contributed by atoms with Crippen LogP contribution >= 0.6 is 11.6 Å². The second kappa shape index (κ2) is 7.02. The van der Waals surface area contributed by atoms with E-state index in [9.17, 15) is 8.42 Å². The molecule has 6 nitrogen and oxygen atoms in total. The molecular weight excluding hydrogens is 288 g/mol. The molecule has 0 fully saturated rings. The summed E-state index contributed by atoms with van der Waals surface area (Å²) in [5.41, 5.74) is 0. The van der Waals surface area contributed by atoms with Gasteiger partial charge < -0.3 is 5.32 Å². The summed E-state index contributed by atoms with van der Waals surface area (Å²) in [6, 6.07) is 1.57. The smallest absolute Gasteiger partial charge is 0.215 e. The van der Waals surface area contributed by atoms with E-state index in [0.29, 0.717) is 29.9 Å². The van der Waals surface area contributed by atoms with Gasteiger partial charge in [0, 0.05) is 25.7 Å². The molecule has 0 saturated carbocycles. The Bertz CT molecular complexity index is 497. The van der Waals surface area contributed by atoms with Crippen molar-refractivity contribution in [2.24, 2.45) is 0 Å². The predicted molar refractivity (Wildman–Crippen MR) is 77.0 cm³/mol. The minimum absolute atomic E-state index is 0.0232. The van der Waals surface area contributed by atoms with Crippen molar-refractivity contribution in [1.29, 1.82) is 0 Å². The van der Waals surface area contributed by atoms with Crippen molar-refractivity contribution < 1.29 is 8.42 Å². The van der Waals surface area contributed by atoms with Crippen molar-refractivity contribution in [1.82, 2.24) is 14.3 Å². The van der Waals surface area contributed by atoms with Crippen LogP contribution in [0.15, 0.2) is 6.07 Å². The van der Waals surface area contributed by atoms with Gasteiger partial charge in [-0.15, -0.1) is 0 Å². The molecule has 0 aliphatic heterocycles. The fourth-order valence-corrected chi connectivity index (χ4v) is 3.31. The zero-order valence-corrected chi connectivity index (χ0v) is 12.9. The third-order valence-electron chi connectivity index (χ3n) is 2.57. The molecule has 0 atom stereocenters. The van der Waals surface area contributed by atoms with Crippen molar-refractivity contribution >= 4 is 27.4 Å². The number of rotatable bonds is 7. The van der Waals surface area contributed by atoms with Gasteiger partial charge in [-0.05, 0) is 6.92 Å². The summed E-state index contributed by atoms with van der Waals surface area (Å²) in [7, 11) is -3.22. The molecule has 0 aliphatic rings. The lowest BCUT2D eigenvalue weighted by Crippen LogP contribution is -2.34. The number of halogens is 1. The Morgan fingerprint density at radius 3 is 2.47 bits per heavy atom. The number of anilines is 1. The number of hydrogen-bond donors (Lipinski definition) is 1. The van der Waals surface area contributed by atoms with E-state index >= 15 is 0 Å². The molecule has 1 heterocycles. The number of aromatic nitrogens is 2. The van der Waals surface area contributed by atoms with Gasteiger partial charge in [-0.3, -0.25) is 0 Å². The van der Waals surface area contributed by atoms with Gasteiger partial charge in [-0.1, -0.05) is 25.4 Å². The maximum atomic E-state index is 11.9. The molecule has 8 heteroatoms. The van der Waals surface area contributed by atoms with Crippen LogP contribution in [0.5, 0.6) is 0 Å². The number of aryl methyl sites for hydroxylation is 1. The van der Waals surface area contributed by atoms with Crippen molar-refractivity contribution in [3.05, 3.63) is 17.0 Å². The van der Waals surface area contributed by atoms with E-state index in [-0.39, 0.29) is 12.3 Å². The third-order valence-corrected chi connectivity index (χ3v) is 4.79. The van der Waals surface area contributed by atoms with Crippen LogP contribution in [-0.4, -0.2) is 48.1 Å². The lowest BCUT2D eigenvalue weighted by molar-refractivity contribution is 0.446. The van der Waals surface area contributed by atoms with E-state index in [0.717, 1.165) is 0 Å². The molecule has 108 valence electrons. The number of nitrogens with zero attached hydrogens (tertiary/aromatic N) is 3. The summed E-state index contributed by atoms with van der Waals surface area (Å²) in [6.07, 6.45) is 0. The Morgan fingerprint density at radius 1 is 1.32 bits per heavy atom. The quantitative estimate of drug-likeness (QED) is 0.773. The van der Waals surface area contributed by atoms with Crippen LogP contribution < -0.4 is 5.32 Å². The summed E-state index contributed by atoms with van der Waals surface area (Å²) < 4.78 is 25.3. The maximum absolute atomic E-state index is 11.9. The van der Waals surface area contributed by atoms with Gasteiger partial charge in [0.1, 0.15) is 16.8 Å². The highest BCUT2D eigenvalue weighted by atomic mass is 35.5. The van der Waals surface area contributed by atoms with Crippen LogP contribution in [0.4, 0.5) is 5.82 Å². The fraction of sp³-hybridized carbons (Fsp3) is 0.636. The van der Waals surface area contributed by atoms with Crippen molar-refractivity contribution in [2.45, 2.75) is 20.8 Å². The molecule has 1 aromatic heterocycles. The van der Waals surface area contributed by atoms with Crippen LogP contribution in [0.1, 0.15) is 19.7 Å². The van der Waals surface area contributed by atoms with Gasteiger partial charge in [0.05, 0.1) is 5.75 Å². The number of sulfonamides is 1. The molecule has 0 aromatic carbocycles. The van der Waals surface area contributed by atoms with Gasteiger partial charge in [0.25, 0.3) is 0 Å². The van der Waals surface area contributed by atoms with E-state index in [1.165, 1.54) is 4.31 Å². The average molecular weight is 307 g/mol. The summed E-state index contributed by atoms with van der Waals surface area (Å²) in [5.74, 6) is 1.10. The van der Waals surface area contributed by atoms with E-state index in [4.69, 9.17) is 11.6 Å². The molecule has 0 saturated heterocycles. The van der Waals surface area contributed by atoms with Crippen molar-refractivity contribution in [3.63, 3.8) is 0 Å². The molecule has 0 aliphatic carbocycles. The van der Waals surface area contributed by atoms with Crippen molar-refractivity contribution in [3.8, 4) is 0 Å².